The summed E-state index contributed by atoms with van der Waals surface area (Å²) in [7, 11) is 1.92. The van der Waals surface area contributed by atoms with Gasteiger partial charge in [0, 0.05) is 57.1 Å². The third-order valence-corrected chi connectivity index (χ3v) is 4.90. The summed E-state index contributed by atoms with van der Waals surface area (Å²) in [6.45, 7) is 7.02. The monoisotopic (exact) mass is 358 g/mol. The lowest BCUT2D eigenvalue weighted by molar-refractivity contribution is -0.128. The zero-order chi connectivity index (χ0) is 18.8. The molecule has 0 unspecified atom stereocenters. The van der Waals surface area contributed by atoms with Crippen LogP contribution in [0.1, 0.15) is 55.6 Å². The van der Waals surface area contributed by atoms with Crippen molar-refractivity contribution in [1.82, 2.24) is 29.5 Å². The van der Waals surface area contributed by atoms with E-state index in [-0.39, 0.29) is 29.8 Å². The third kappa shape index (κ3) is 3.36. The van der Waals surface area contributed by atoms with Crippen LogP contribution >= 0.6 is 0 Å². The Morgan fingerprint density at radius 1 is 1.38 bits per heavy atom. The van der Waals surface area contributed by atoms with Gasteiger partial charge in [-0.2, -0.15) is 5.10 Å². The van der Waals surface area contributed by atoms with Crippen LogP contribution < -0.4 is 5.32 Å². The standard InChI is InChI=1S/C18H26N6O2/c1-5-23-15(25)10-13(16(23)17-19-7-9-22(17)4)11-20-18(26)14-6-8-24(21-14)12(2)3/h6-9,12-13,16H,5,10-11H2,1-4H3,(H,20,26)/t13-,16+/m0/s1. The lowest BCUT2D eigenvalue weighted by atomic mass is 9.99. The Hall–Kier alpha value is -2.64. The Kier molecular flexibility index (Phi) is 5.11. The van der Waals surface area contributed by atoms with E-state index in [1.54, 1.807) is 23.1 Å². The first kappa shape index (κ1) is 18.2. The molecule has 0 radical (unpaired) electrons. The number of rotatable bonds is 6. The van der Waals surface area contributed by atoms with Gasteiger partial charge in [-0.15, -0.1) is 0 Å². The number of likely N-dealkylation sites (tertiary alicyclic amines) is 1. The van der Waals surface area contributed by atoms with Crippen LogP contribution in [0.5, 0.6) is 0 Å². The summed E-state index contributed by atoms with van der Waals surface area (Å²) in [4.78, 5) is 31.1. The number of hydrogen-bond acceptors (Lipinski definition) is 4. The number of nitrogens with one attached hydrogen (secondary N) is 1. The molecule has 140 valence electrons. The summed E-state index contributed by atoms with van der Waals surface area (Å²) in [5.41, 5.74) is 0.393. The second-order valence-corrected chi connectivity index (χ2v) is 6.97. The maximum absolute atomic E-state index is 12.4. The van der Waals surface area contributed by atoms with E-state index >= 15 is 0 Å². The molecule has 2 amide bonds. The molecule has 0 aromatic carbocycles. The summed E-state index contributed by atoms with van der Waals surface area (Å²) < 4.78 is 3.69. The second kappa shape index (κ2) is 7.31. The maximum Gasteiger partial charge on any atom is 0.271 e. The first-order valence-electron chi connectivity index (χ1n) is 9.02. The van der Waals surface area contributed by atoms with Crippen molar-refractivity contribution in [3.63, 3.8) is 0 Å². The number of carbonyl (C=O) groups excluding carboxylic acids is 2. The molecule has 2 aromatic heterocycles. The van der Waals surface area contributed by atoms with Gasteiger partial charge >= 0.3 is 0 Å². The molecule has 1 aliphatic rings. The lowest BCUT2D eigenvalue weighted by Gasteiger charge is -2.26. The molecule has 2 atom stereocenters. The number of imidazole rings is 1. The molecule has 0 aliphatic carbocycles. The van der Waals surface area contributed by atoms with Crippen LogP contribution in [0.15, 0.2) is 24.7 Å². The van der Waals surface area contributed by atoms with Crippen molar-refractivity contribution in [2.45, 2.75) is 39.3 Å². The van der Waals surface area contributed by atoms with Gasteiger partial charge in [-0.25, -0.2) is 4.98 Å². The Morgan fingerprint density at radius 2 is 2.15 bits per heavy atom. The molecule has 1 fully saturated rings. The molecular formula is C18H26N6O2. The number of nitrogens with zero attached hydrogens (tertiary/aromatic N) is 5. The Balaban J connectivity index is 1.72. The summed E-state index contributed by atoms with van der Waals surface area (Å²) in [6.07, 6.45) is 5.82. The van der Waals surface area contributed by atoms with E-state index < -0.39 is 0 Å². The van der Waals surface area contributed by atoms with Gasteiger partial charge in [-0.05, 0) is 26.8 Å². The molecule has 8 heteroatoms. The van der Waals surface area contributed by atoms with Gasteiger partial charge in [0.15, 0.2) is 0 Å². The van der Waals surface area contributed by atoms with Crippen molar-refractivity contribution < 1.29 is 9.59 Å². The molecule has 26 heavy (non-hydrogen) atoms. The predicted octanol–water partition coefficient (Wildman–Crippen LogP) is 1.54. The summed E-state index contributed by atoms with van der Waals surface area (Å²) in [5, 5.41) is 7.23. The van der Waals surface area contributed by atoms with Crippen molar-refractivity contribution in [1.29, 1.82) is 0 Å². The van der Waals surface area contributed by atoms with E-state index in [0.717, 1.165) is 5.82 Å². The molecule has 1 N–H and O–H groups in total. The zero-order valence-corrected chi connectivity index (χ0v) is 15.7. The molecule has 1 saturated heterocycles. The van der Waals surface area contributed by atoms with Gasteiger partial charge < -0.3 is 14.8 Å². The third-order valence-electron chi connectivity index (χ3n) is 4.90. The quantitative estimate of drug-likeness (QED) is 0.849. The highest BCUT2D eigenvalue weighted by Crippen LogP contribution is 2.36. The number of aryl methyl sites for hydroxylation is 1. The Labute approximate surface area is 153 Å². The van der Waals surface area contributed by atoms with Crippen molar-refractivity contribution in [3.8, 4) is 0 Å². The summed E-state index contributed by atoms with van der Waals surface area (Å²) >= 11 is 0. The highest BCUT2D eigenvalue weighted by molar-refractivity contribution is 5.92. The van der Waals surface area contributed by atoms with Gasteiger partial charge in [-0.3, -0.25) is 14.3 Å². The fourth-order valence-electron chi connectivity index (χ4n) is 3.49. The maximum atomic E-state index is 12.4. The summed E-state index contributed by atoms with van der Waals surface area (Å²) in [6, 6.07) is 1.79. The van der Waals surface area contributed by atoms with Crippen molar-refractivity contribution in [3.05, 3.63) is 36.2 Å². The molecule has 2 aromatic rings. The highest BCUT2D eigenvalue weighted by atomic mass is 16.2. The highest BCUT2D eigenvalue weighted by Gasteiger charge is 2.41. The van der Waals surface area contributed by atoms with Crippen LogP contribution in [0.3, 0.4) is 0 Å². The van der Waals surface area contributed by atoms with Gasteiger partial charge in [0.05, 0.1) is 6.04 Å². The van der Waals surface area contributed by atoms with Gasteiger partial charge in [0.1, 0.15) is 11.5 Å². The minimum absolute atomic E-state index is 0.0142. The molecule has 0 spiro atoms. The predicted molar refractivity (Wildman–Crippen MR) is 96.4 cm³/mol. The van der Waals surface area contributed by atoms with Crippen LogP contribution in [0.4, 0.5) is 0 Å². The number of aromatic nitrogens is 4. The first-order chi connectivity index (χ1) is 12.4. The fraction of sp³-hybridized carbons (Fsp3) is 0.556. The SMILES string of the molecule is CCN1C(=O)C[C@@H](CNC(=O)c2ccn(C(C)C)n2)[C@@H]1c1nccn1C. The molecule has 3 rings (SSSR count). The van der Waals surface area contributed by atoms with Crippen LogP contribution in [0.2, 0.25) is 0 Å². The zero-order valence-electron chi connectivity index (χ0n) is 15.7. The molecule has 0 bridgehead atoms. The van der Waals surface area contributed by atoms with Crippen LogP contribution in [-0.4, -0.2) is 49.1 Å². The van der Waals surface area contributed by atoms with E-state index in [1.807, 2.05) is 43.5 Å². The van der Waals surface area contributed by atoms with Crippen molar-refractivity contribution >= 4 is 11.8 Å². The average molecular weight is 358 g/mol. The van der Waals surface area contributed by atoms with Crippen LogP contribution in [-0.2, 0) is 11.8 Å². The average Bonchev–Trinajstić information content (AvgIpc) is 3.30. The first-order valence-corrected chi connectivity index (χ1v) is 9.02. The van der Waals surface area contributed by atoms with E-state index in [1.165, 1.54) is 0 Å². The smallest absolute Gasteiger partial charge is 0.271 e. The normalized spacial score (nSPS) is 20.2. The molecule has 0 saturated carbocycles. The molecular weight excluding hydrogens is 332 g/mol. The van der Waals surface area contributed by atoms with E-state index in [2.05, 4.69) is 15.4 Å². The van der Waals surface area contributed by atoms with E-state index in [9.17, 15) is 9.59 Å². The van der Waals surface area contributed by atoms with Crippen molar-refractivity contribution in [2.75, 3.05) is 13.1 Å². The van der Waals surface area contributed by atoms with Crippen molar-refractivity contribution in [2.24, 2.45) is 13.0 Å². The van der Waals surface area contributed by atoms with Gasteiger partial charge in [0.2, 0.25) is 5.91 Å². The lowest BCUT2D eigenvalue weighted by Crippen LogP contribution is -2.35. The fourth-order valence-corrected chi connectivity index (χ4v) is 3.49. The Morgan fingerprint density at radius 3 is 2.73 bits per heavy atom. The molecule has 1 aliphatic heterocycles. The summed E-state index contributed by atoms with van der Waals surface area (Å²) in [5.74, 6) is 0.718. The van der Waals surface area contributed by atoms with Gasteiger partial charge in [-0.1, -0.05) is 0 Å². The minimum atomic E-state index is -0.217. The van der Waals surface area contributed by atoms with E-state index in [0.29, 0.717) is 25.2 Å². The number of hydrogen-bond donors (Lipinski definition) is 1. The molecule has 3 heterocycles. The van der Waals surface area contributed by atoms with E-state index in [4.69, 9.17) is 0 Å². The van der Waals surface area contributed by atoms with Crippen LogP contribution in [0, 0.1) is 5.92 Å². The topological polar surface area (TPSA) is 85.1 Å². The second-order valence-electron chi connectivity index (χ2n) is 6.97. The molecule has 8 nitrogen and oxygen atoms in total. The Bertz CT molecular complexity index is 793. The number of carbonyl (C=O) groups is 2. The van der Waals surface area contributed by atoms with Crippen LogP contribution in [0.25, 0.3) is 0 Å². The minimum Gasteiger partial charge on any atom is -0.350 e. The largest absolute Gasteiger partial charge is 0.350 e. The number of amides is 2. The van der Waals surface area contributed by atoms with Gasteiger partial charge in [0.25, 0.3) is 5.91 Å².